The molecule has 1 aliphatic heterocycles. The van der Waals surface area contributed by atoms with Crippen molar-refractivity contribution in [2.75, 3.05) is 20.2 Å². The maximum atomic E-state index is 13.5. The zero-order valence-corrected chi connectivity index (χ0v) is 10.9. The fourth-order valence-corrected chi connectivity index (χ4v) is 2.40. The van der Waals surface area contributed by atoms with Gasteiger partial charge in [-0.3, -0.25) is 9.69 Å². The highest BCUT2D eigenvalue weighted by Crippen LogP contribution is 2.22. The van der Waals surface area contributed by atoms with E-state index >= 15 is 0 Å². The quantitative estimate of drug-likeness (QED) is 0.789. The summed E-state index contributed by atoms with van der Waals surface area (Å²) in [6, 6.07) is 3.89. The highest BCUT2D eigenvalue weighted by Gasteiger charge is 2.26. The number of rotatable bonds is 3. The maximum Gasteiger partial charge on any atom is 0.308 e. The van der Waals surface area contributed by atoms with Crippen molar-refractivity contribution in [1.29, 1.82) is 0 Å². The smallest absolute Gasteiger partial charge is 0.308 e. The van der Waals surface area contributed by atoms with Crippen LogP contribution in [0.3, 0.4) is 0 Å². The van der Waals surface area contributed by atoms with E-state index in [9.17, 15) is 13.6 Å². The third-order valence-electron chi connectivity index (χ3n) is 3.57. The molecule has 1 aromatic carbocycles. The van der Waals surface area contributed by atoms with E-state index in [1.807, 2.05) is 4.90 Å². The Morgan fingerprint density at radius 1 is 1.32 bits per heavy atom. The molecule has 0 aromatic heterocycles. The third kappa shape index (κ3) is 3.29. The first-order valence-corrected chi connectivity index (χ1v) is 6.35. The Balaban J connectivity index is 1.94. The highest BCUT2D eigenvalue weighted by atomic mass is 19.1. The number of hydrogen-bond acceptors (Lipinski definition) is 3. The van der Waals surface area contributed by atoms with Crippen LogP contribution in [0, 0.1) is 17.6 Å². The van der Waals surface area contributed by atoms with Crippen molar-refractivity contribution >= 4 is 5.97 Å². The number of nitrogens with zero attached hydrogens (tertiary/aromatic N) is 1. The Kier molecular flexibility index (Phi) is 4.47. The molecule has 0 aliphatic carbocycles. The van der Waals surface area contributed by atoms with Crippen molar-refractivity contribution in [3.63, 3.8) is 0 Å². The summed E-state index contributed by atoms with van der Waals surface area (Å²) < 4.78 is 31.8. The molecule has 3 nitrogen and oxygen atoms in total. The second-order valence-electron chi connectivity index (χ2n) is 4.77. The molecule has 1 aromatic rings. The van der Waals surface area contributed by atoms with E-state index in [1.54, 1.807) is 0 Å². The zero-order valence-electron chi connectivity index (χ0n) is 10.9. The Bertz CT molecular complexity index is 437. The summed E-state index contributed by atoms with van der Waals surface area (Å²) in [5.74, 6) is -1.33. The molecular weight excluding hydrogens is 252 g/mol. The second-order valence-corrected chi connectivity index (χ2v) is 4.77. The number of halogens is 2. The monoisotopic (exact) mass is 269 g/mol. The molecule has 0 radical (unpaired) electrons. The van der Waals surface area contributed by atoms with Gasteiger partial charge in [-0.2, -0.15) is 0 Å². The number of benzene rings is 1. The van der Waals surface area contributed by atoms with E-state index in [0.717, 1.165) is 0 Å². The van der Waals surface area contributed by atoms with Crippen LogP contribution in [0.1, 0.15) is 18.4 Å². The van der Waals surface area contributed by atoms with Crippen molar-refractivity contribution in [2.45, 2.75) is 19.4 Å². The van der Waals surface area contributed by atoms with E-state index in [-0.39, 0.29) is 24.0 Å². The van der Waals surface area contributed by atoms with Gasteiger partial charge in [0.2, 0.25) is 0 Å². The second kappa shape index (κ2) is 6.10. The summed E-state index contributed by atoms with van der Waals surface area (Å²) in [5.41, 5.74) is 0.0963. The number of hydrogen-bond donors (Lipinski definition) is 0. The Hall–Kier alpha value is -1.49. The van der Waals surface area contributed by atoms with Crippen LogP contribution in [0.25, 0.3) is 0 Å². The van der Waals surface area contributed by atoms with Crippen LogP contribution in [0.15, 0.2) is 18.2 Å². The highest BCUT2D eigenvalue weighted by molar-refractivity contribution is 5.72. The number of ether oxygens (including phenoxy) is 1. The van der Waals surface area contributed by atoms with Gasteiger partial charge in [0, 0.05) is 12.1 Å². The van der Waals surface area contributed by atoms with E-state index in [1.165, 1.54) is 25.3 Å². The van der Waals surface area contributed by atoms with Gasteiger partial charge >= 0.3 is 5.97 Å². The predicted octanol–water partition coefficient (Wildman–Crippen LogP) is 2.35. The van der Waals surface area contributed by atoms with Crippen molar-refractivity contribution in [3.05, 3.63) is 35.4 Å². The SMILES string of the molecule is COC(=O)C1CCN(Cc2c(F)cccc2F)CC1. The first kappa shape index (κ1) is 13.9. The van der Waals surface area contributed by atoms with Crippen LogP contribution in [-0.2, 0) is 16.1 Å². The number of esters is 1. The summed E-state index contributed by atoms with van der Waals surface area (Å²) in [5, 5.41) is 0. The molecule has 104 valence electrons. The molecule has 1 heterocycles. The van der Waals surface area contributed by atoms with Gasteiger partial charge in [-0.05, 0) is 38.1 Å². The first-order valence-electron chi connectivity index (χ1n) is 6.35. The molecule has 1 saturated heterocycles. The topological polar surface area (TPSA) is 29.5 Å². The van der Waals surface area contributed by atoms with Crippen molar-refractivity contribution in [3.8, 4) is 0 Å². The van der Waals surface area contributed by atoms with Crippen LogP contribution in [0.2, 0.25) is 0 Å². The Morgan fingerprint density at radius 2 is 1.89 bits per heavy atom. The lowest BCUT2D eigenvalue weighted by atomic mass is 9.96. The van der Waals surface area contributed by atoms with Crippen LogP contribution in [-0.4, -0.2) is 31.1 Å². The minimum absolute atomic E-state index is 0.0910. The Morgan fingerprint density at radius 3 is 2.42 bits per heavy atom. The standard InChI is InChI=1S/C14H17F2NO2/c1-19-14(18)10-5-7-17(8-6-10)9-11-12(15)3-2-4-13(11)16/h2-4,10H,5-9H2,1H3. The van der Waals surface area contributed by atoms with E-state index in [2.05, 4.69) is 0 Å². The number of piperidine rings is 1. The summed E-state index contributed by atoms with van der Waals surface area (Å²) in [7, 11) is 1.38. The molecule has 1 fully saturated rings. The van der Waals surface area contributed by atoms with Crippen molar-refractivity contribution in [2.24, 2.45) is 5.92 Å². The molecule has 0 atom stereocenters. The average Bonchev–Trinajstić information content (AvgIpc) is 2.43. The normalized spacial score (nSPS) is 17.4. The molecule has 0 amide bonds. The van der Waals surface area contributed by atoms with Crippen LogP contribution in [0.4, 0.5) is 8.78 Å². The lowest BCUT2D eigenvalue weighted by molar-refractivity contribution is -0.147. The van der Waals surface area contributed by atoms with Crippen LogP contribution < -0.4 is 0 Å². The lowest BCUT2D eigenvalue weighted by Gasteiger charge is -2.30. The van der Waals surface area contributed by atoms with Gasteiger partial charge in [0.1, 0.15) is 11.6 Å². The molecule has 0 spiro atoms. The fraction of sp³-hybridized carbons (Fsp3) is 0.500. The van der Waals surface area contributed by atoms with Gasteiger partial charge in [-0.15, -0.1) is 0 Å². The number of likely N-dealkylation sites (tertiary alicyclic amines) is 1. The first-order chi connectivity index (χ1) is 9.11. The van der Waals surface area contributed by atoms with Crippen molar-refractivity contribution in [1.82, 2.24) is 4.90 Å². The molecule has 2 rings (SSSR count). The zero-order chi connectivity index (χ0) is 13.8. The minimum Gasteiger partial charge on any atom is -0.469 e. The van der Waals surface area contributed by atoms with Gasteiger partial charge in [0.25, 0.3) is 0 Å². The predicted molar refractivity (Wildman–Crippen MR) is 66.4 cm³/mol. The molecule has 5 heteroatoms. The van der Waals surface area contributed by atoms with E-state index < -0.39 is 11.6 Å². The molecule has 0 saturated carbocycles. The Labute approximate surface area is 111 Å². The average molecular weight is 269 g/mol. The van der Waals surface area contributed by atoms with E-state index in [4.69, 9.17) is 4.74 Å². The largest absolute Gasteiger partial charge is 0.469 e. The van der Waals surface area contributed by atoms with Gasteiger partial charge in [-0.25, -0.2) is 8.78 Å². The number of carbonyl (C=O) groups excluding carboxylic acids is 1. The van der Waals surface area contributed by atoms with Gasteiger partial charge in [0.15, 0.2) is 0 Å². The molecule has 1 aliphatic rings. The van der Waals surface area contributed by atoms with Gasteiger partial charge in [0.05, 0.1) is 13.0 Å². The summed E-state index contributed by atoms with van der Waals surface area (Å²) in [6.07, 6.45) is 1.34. The fourth-order valence-electron chi connectivity index (χ4n) is 2.40. The van der Waals surface area contributed by atoms with Gasteiger partial charge in [-0.1, -0.05) is 6.07 Å². The summed E-state index contributed by atoms with van der Waals surface area (Å²) >= 11 is 0. The number of methoxy groups -OCH3 is 1. The molecule has 19 heavy (non-hydrogen) atoms. The summed E-state index contributed by atoms with van der Waals surface area (Å²) in [6.45, 7) is 1.54. The molecule has 0 N–H and O–H groups in total. The maximum absolute atomic E-state index is 13.5. The minimum atomic E-state index is -0.518. The summed E-state index contributed by atoms with van der Waals surface area (Å²) in [4.78, 5) is 13.3. The van der Waals surface area contributed by atoms with Crippen molar-refractivity contribution < 1.29 is 18.3 Å². The van der Waals surface area contributed by atoms with E-state index in [0.29, 0.717) is 25.9 Å². The molecular formula is C14H17F2NO2. The molecule has 0 unspecified atom stereocenters. The third-order valence-corrected chi connectivity index (χ3v) is 3.57. The van der Waals surface area contributed by atoms with Gasteiger partial charge < -0.3 is 4.74 Å². The molecule has 0 bridgehead atoms. The van der Waals surface area contributed by atoms with Crippen LogP contribution >= 0.6 is 0 Å². The van der Waals surface area contributed by atoms with Crippen LogP contribution in [0.5, 0.6) is 0 Å². The lowest BCUT2D eigenvalue weighted by Crippen LogP contribution is -2.36. The number of carbonyl (C=O) groups is 1.